The average Bonchev–Trinajstić information content (AvgIpc) is 2.39. The highest BCUT2D eigenvalue weighted by Crippen LogP contribution is 2.31. The molecule has 0 atom stereocenters. The number of rotatable bonds is 4. The summed E-state index contributed by atoms with van der Waals surface area (Å²) in [5, 5.41) is 5.92. The molecule has 2 N–H and O–H groups in total. The van der Waals surface area contributed by atoms with Crippen LogP contribution >= 0.6 is 11.6 Å². The van der Waals surface area contributed by atoms with E-state index < -0.39 is 11.9 Å². The number of anilines is 3. The molecule has 0 fully saturated rings. The molecule has 0 saturated heterocycles. The molecule has 1 aromatic heterocycles. The standard InChI is InChI=1S/C14H14ClF3N4/c1-8(2)19-13-21-11(14(16,17)18)7-12(22-13)20-10-6-4-3-5-9(10)15/h3-8H,1-2H3,(H2,19,20,21,22). The minimum atomic E-state index is -4.56. The molecule has 0 unspecified atom stereocenters. The summed E-state index contributed by atoms with van der Waals surface area (Å²) in [7, 11) is 0. The Bertz CT molecular complexity index is 659. The summed E-state index contributed by atoms with van der Waals surface area (Å²) in [6.45, 7) is 3.57. The van der Waals surface area contributed by atoms with E-state index >= 15 is 0 Å². The minimum absolute atomic E-state index is 0.0126. The molecule has 0 bridgehead atoms. The minimum Gasteiger partial charge on any atom is -0.352 e. The number of aromatic nitrogens is 2. The molecule has 0 radical (unpaired) electrons. The van der Waals surface area contributed by atoms with Gasteiger partial charge in [-0.1, -0.05) is 23.7 Å². The van der Waals surface area contributed by atoms with Crippen LogP contribution in [0.1, 0.15) is 19.5 Å². The molecule has 1 aromatic carbocycles. The predicted molar refractivity (Wildman–Crippen MR) is 80.5 cm³/mol. The summed E-state index contributed by atoms with van der Waals surface area (Å²) in [6.07, 6.45) is -4.56. The van der Waals surface area contributed by atoms with Gasteiger partial charge < -0.3 is 10.6 Å². The second kappa shape index (κ2) is 6.39. The Morgan fingerprint density at radius 1 is 1.14 bits per heavy atom. The fourth-order valence-electron chi connectivity index (χ4n) is 1.68. The van der Waals surface area contributed by atoms with Crippen LogP contribution in [0.2, 0.25) is 5.02 Å². The molecule has 2 rings (SSSR count). The van der Waals surface area contributed by atoms with Crippen LogP contribution < -0.4 is 10.6 Å². The lowest BCUT2D eigenvalue weighted by molar-refractivity contribution is -0.141. The molecule has 8 heteroatoms. The van der Waals surface area contributed by atoms with Crippen molar-refractivity contribution in [3.63, 3.8) is 0 Å². The van der Waals surface area contributed by atoms with Crippen LogP contribution in [0.15, 0.2) is 30.3 Å². The lowest BCUT2D eigenvalue weighted by Gasteiger charge is -2.14. The van der Waals surface area contributed by atoms with E-state index in [1.165, 1.54) is 0 Å². The van der Waals surface area contributed by atoms with Gasteiger partial charge in [-0.15, -0.1) is 0 Å². The molecule has 2 aromatic rings. The Balaban J connectivity index is 2.39. The average molecular weight is 331 g/mol. The van der Waals surface area contributed by atoms with E-state index in [4.69, 9.17) is 11.6 Å². The van der Waals surface area contributed by atoms with Crippen LogP contribution in [-0.4, -0.2) is 16.0 Å². The van der Waals surface area contributed by atoms with Crippen molar-refractivity contribution in [2.75, 3.05) is 10.6 Å². The summed E-state index contributed by atoms with van der Waals surface area (Å²) in [4.78, 5) is 7.52. The van der Waals surface area contributed by atoms with Crippen molar-refractivity contribution >= 4 is 29.1 Å². The third kappa shape index (κ3) is 4.24. The maximum Gasteiger partial charge on any atom is 0.433 e. The Labute approximate surface area is 130 Å². The van der Waals surface area contributed by atoms with E-state index in [2.05, 4.69) is 20.6 Å². The van der Waals surface area contributed by atoms with Gasteiger partial charge in [0.05, 0.1) is 10.7 Å². The summed E-state index contributed by atoms with van der Waals surface area (Å²) in [5.74, 6) is -0.0852. The van der Waals surface area contributed by atoms with Crippen molar-refractivity contribution in [3.8, 4) is 0 Å². The number of hydrogen-bond donors (Lipinski definition) is 2. The highest BCUT2D eigenvalue weighted by Gasteiger charge is 2.33. The van der Waals surface area contributed by atoms with Crippen LogP contribution in [0, 0.1) is 0 Å². The first-order chi connectivity index (χ1) is 10.3. The van der Waals surface area contributed by atoms with Crippen molar-refractivity contribution < 1.29 is 13.2 Å². The summed E-state index contributed by atoms with van der Waals surface area (Å²) < 4.78 is 38.8. The number of alkyl halides is 3. The monoisotopic (exact) mass is 330 g/mol. The molecule has 1 heterocycles. The summed E-state index contributed by atoms with van der Waals surface area (Å²) in [6, 6.07) is 7.45. The van der Waals surface area contributed by atoms with E-state index in [0.717, 1.165) is 6.07 Å². The number of halogens is 4. The maximum atomic E-state index is 12.9. The summed E-state index contributed by atoms with van der Waals surface area (Å²) in [5.41, 5.74) is -0.563. The largest absolute Gasteiger partial charge is 0.433 e. The van der Waals surface area contributed by atoms with Crippen LogP contribution in [0.3, 0.4) is 0 Å². The van der Waals surface area contributed by atoms with Gasteiger partial charge in [0.2, 0.25) is 5.95 Å². The molecule has 0 aliphatic heterocycles. The Hall–Kier alpha value is -2.02. The van der Waals surface area contributed by atoms with E-state index in [1.807, 2.05) is 0 Å². The maximum absolute atomic E-state index is 12.9. The van der Waals surface area contributed by atoms with Crippen molar-refractivity contribution in [2.45, 2.75) is 26.1 Å². The van der Waals surface area contributed by atoms with Gasteiger partial charge in [-0.05, 0) is 26.0 Å². The number of nitrogens with one attached hydrogen (secondary N) is 2. The zero-order valence-electron chi connectivity index (χ0n) is 11.9. The van der Waals surface area contributed by atoms with Crippen LogP contribution in [0.5, 0.6) is 0 Å². The fourth-order valence-corrected chi connectivity index (χ4v) is 1.86. The van der Waals surface area contributed by atoms with Gasteiger partial charge in [0.25, 0.3) is 0 Å². The van der Waals surface area contributed by atoms with Crippen LogP contribution in [-0.2, 0) is 6.18 Å². The first-order valence-corrected chi connectivity index (χ1v) is 6.88. The normalized spacial score (nSPS) is 11.6. The number of benzene rings is 1. The van der Waals surface area contributed by atoms with Gasteiger partial charge in [0, 0.05) is 12.1 Å². The van der Waals surface area contributed by atoms with Crippen molar-refractivity contribution in [1.29, 1.82) is 0 Å². The number of hydrogen-bond acceptors (Lipinski definition) is 4. The van der Waals surface area contributed by atoms with E-state index in [1.54, 1.807) is 38.1 Å². The first-order valence-electron chi connectivity index (χ1n) is 6.50. The molecular weight excluding hydrogens is 317 g/mol. The molecule has 4 nitrogen and oxygen atoms in total. The third-order valence-corrected chi connectivity index (χ3v) is 2.90. The third-order valence-electron chi connectivity index (χ3n) is 2.57. The quantitative estimate of drug-likeness (QED) is 0.852. The SMILES string of the molecule is CC(C)Nc1nc(Nc2ccccc2Cl)cc(C(F)(F)F)n1. The smallest absolute Gasteiger partial charge is 0.352 e. The van der Waals surface area contributed by atoms with Gasteiger partial charge in [-0.3, -0.25) is 0 Å². The van der Waals surface area contributed by atoms with Crippen molar-refractivity contribution in [1.82, 2.24) is 9.97 Å². The lowest BCUT2D eigenvalue weighted by Crippen LogP contribution is -2.17. The van der Waals surface area contributed by atoms with E-state index in [-0.39, 0.29) is 17.8 Å². The Kier molecular flexibility index (Phi) is 4.75. The van der Waals surface area contributed by atoms with E-state index in [9.17, 15) is 13.2 Å². The highest BCUT2D eigenvalue weighted by molar-refractivity contribution is 6.33. The van der Waals surface area contributed by atoms with Gasteiger partial charge in [-0.25, -0.2) is 4.98 Å². The molecule has 0 spiro atoms. The highest BCUT2D eigenvalue weighted by atomic mass is 35.5. The lowest BCUT2D eigenvalue weighted by atomic mass is 10.3. The predicted octanol–water partition coefficient (Wildman–Crippen LogP) is 4.71. The zero-order chi connectivity index (χ0) is 16.3. The topological polar surface area (TPSA) is 49.8 Å². The van der Waals surface area contributed by atoms with Gasteiger partial charge >= 0.3 is 6.18 Å². The number of nitrogens with zero attached hydrogens (tertiary/aromatic N) is 2. The van der Waals surface area contributed by atoms with Crippen molar-refractivity contribution in [2.24, 2.45) is 0 Å². The molecule has 0 aliphatic rings. The number of para-hydroxylation sites is 1. The molecule has 0 saturated carbocycles. The fraction of sp³-hybridized carbons (Fsp3) is 0.286. The molecule has 118 valence electrons. The van der Waals surface area contributed by atoms with Gasteiger partial charge in [-0.2, -0.15) is 18.2 Å². The van der Waals surface area contributed by atoms with Gasteiger partial charge in [0.1, 0.15) is 5.82 Å². The molecule has 22 heavy (non-hydrogen) atoms. The van der Waals surface area contributed by atoms with E-state index in [0.29, 0.717) is 10.7 Å². The molecule has 0 amide bonds. The van der Waals surface area contributed by atoms with Crippen molar-refractivity contribution in [3.05, 3.63) is 41.0 Å². The summed E-state index contributed by atoms with van der Waals surface area (Å²) >= 11 is 5.98. The first kappa shape index (κ1) is 16.4. The molecule has 0 aliphatic carbocycles. The Morgan fingerprint density at radius 3 is 2.41 bits per heavy atom. The zero-order valence-corrected chi connectivity index (χ0v) is 12.6. The van der Waals surface area contributed by atoms with Crippen LogP contribution in [0.25, 0.3) is 0 Å². The van der Waals surface area contributed by atoms with Gasteiger partial charge in [0.15, 0.2) is 5.69 Å². The Morgan fingerprint density at radius 2 is 1.82 bits per heavy atom. The van der Waals surface area contributed by atoms with Crippen LogP contribution in [0.4, 0.5) is 30.6 Å². The second-order valence-electron chi connectivity index (χ2n) is 4.86. The molecular formula is C14H14ClF3N4. The second-order valence-corrected chi connectivity index (χ2v) is 5.27.